The average Bonchev–Trinajstić information content (AvgIpc) is 2.65. The van der Waals surface area contributed by atoms with E-state index in [4.69, 9.17) is 0 Å². The number of hydrogen-bond acceptors (Lipinski definition) is 6. The van der Waals surface area contributed by atoms with Gasteiger partial charge in [0.05, 0.1) is 29.7 Å². The van der Waals surface area contributed by atoms with Crippen LogP contribution in [0.1, 0.15) is 13.3 Å². The molecule has 1 N–H and O–H groups in total. The Labute approximate surface area is 155 Å². The smallest absolute Gasteiger partial charge is 0.307 e. The summed E-state index contributed by atoms with van der Waals surface area (Å²) < 4.78 is 6.07. The van der Waals surface area contributed by atoms with Gasteiger partial charge >= 0.3 is 5.97 Å². The number of amides is 1. The Morgan fingerprint density at radius 2 is 2.15 bits per heavy atom. The van der Waals surface area contributed by atoms with Crippen molar-refractivity contribution < 1.29 is 14.3 Å². The molecular weight excluding hydrogens is 354 g/mol. The van der Waals surface area contributed by atoms with Gasteiger partial charge < -0.3 is 10.1 Å². The highest BCUT2D eigenvalue weighted by Gasteiger charge is 2.19. The molecule has 8 heteroatoms. The zero-order valence-electron chi connectivity index (χ0n) is 14.7. The molecule has 0 aliphatic heterocycles. The highest BCUT2D eigenvalue weighted by atomic mass is 32.2. The van der Waals surface area contributed by atoms with Crippen LogP contribution in [-0.2, 0) is 20.9 Å². The van der Waals surface area contributed by atoms with Crippen LogP contribution in [0, 0.1) is 0 Å². The van der Waals surface area contributed by atoms with Gasteiger partial charge in [-0.3, -0.25) is 19.0 Å². The molecule has 0 bridgehead atoms. The third-order valence-corrected chi connectivity index (χ3v) is 4.76. The summed E-state index contributed by atoms with van der Waals surface area (Å²) in [6, 6.07) is 6.98. The van der Waals surface area contributed by atoms with E-state index in [1.807, 2.05) is 0 Å². The SMILES string of the molecule is C=CCNC(=O)[C@H](C)Sc1nc2ccccc2c(=O)n1CCC(=O)OC. The maximum Gasteiger partial charge on any atom is 0.307 e. The van der Waals surface area contributed by atoms with Gasteiger partial charge in [0.25, 0.3) is 5.56 Å². The summed E-state index contributed by atoms with van der Waals surface area (Å²) >= 11 is 1.17. The van der Waals surface area contributed by atoms with Crippen molar-refractivity contribution in [3.63, 3.8) is 0 Å². The number of carbonyl (C=O) groups is 2. The number of esters is 1. The van der Waals surface area contributed by atoms with Gasteiger partial charge in [0.1, 0.15) is 0 Å². The lowest BCUT2D eigenvalue weighted by molar-refractivity contribution is -0.140. The fraction of sp³-hybridized carbons (Fsp3) is 0.333. The van der Waals surface area contributed by atoms with Crippen LogP contribution in [0.5, 0.6) is 0 Å². The molecular formula is C18H21N3O4S. The van der Waals surface area contributed by atoms with Crippen molar-refractivity contribution in [3.05, 3.63) is 47.3 Å². The van der Waals surface area contributed by atoms with Crippen LogP contribution in [0.15, 0.2) is 46.9 Å². The molecule has 138 valence electrons. The minimum Gasteiger partial charge on any atom is -0.469 e. The maximum absolute atomic E-state index is 12.8. The molecule has 2 aromatic rings. The summed E-state index contributed by atoms with van der Waals surface area (Å²) in [6.45, 7) is 5.79. The molecule has 0 saturated heterocycles. The monoisotopic (exact) mass is 375 g/mol. The van der Waals surface area contributed by atoms with E-state index >= 15 is 0 Å². The third-order valence-electron chi connectivity index (χ3n) is 3.67. The normalized spacial score (nSPS) is 11.8. The quantitative estimate of drug-likeness (QED) is 0.327. The van der Waals surface area contributed by atoms with Crippen molar-refractivity contribution in [2.75, 3.05) is 13.7 Å². The van der Waals surface area contributed by atoms with Crippen LogP contribution in [0.4, 0.5) is 0 Å². The molecule has 1 heterocycles. The number of rotatable bonds is 8. The molecule has 0 spiro atoms. The van der Waals surface area contributed by atoms with E-state index in [9.17, 15) is 14.4 Å². The molecule has 1 aromatic heterocycles. The predicted octanol–water partition coefficient (Wildman–Crippen LogP) is 1.74. The molecule has 0 aliphatic rings. The largest absolute Gasteiger partial charge is 0.469 e. The molecule has 1 aromatic carbocycles. The van der Waals surface area contributed by atoms with Gasteiger partial charge in [-0.25, -0.2) is 4.98 Å². The Bertz CT molecular complexity index is 878. The van der Waals surface area contributed by atoms with Crippen molar-refractivity contribution in [2.45, 2.75) is 30.3 Å². The lowest BCUT2D eigenvalue weighted by Gasteiger charge is -2.15. The molecule has 1 atom stereocenters. The maximum atomic E-state index is 12.8. The minimum absolute atomic E-state index is 0.0427. The van der Waals surface area contributed by atoms with Gasteiger partial charge in [-0.2, -0.15) is 0 Å². The van der Waals surface area contributed by atoms with E-state index in [-0.39, 0.29) is 24.4 Å². The Kier molecular flexibility index (Phi) is 6.97. The van der Waals surface area contributed by atoms with Crippen molar-refractivity contribution in [1.29, 1.82) is 0 Å². The van der Waals surface area contributed by atoms with Crippen LogP contribution >= 0.6 is 11.8 Å². The van der Waals surface area contributed by atoms with Gasteiger partial charge in [0.15, 0.2) is 5.16 Å². The summed E-state index contributed by atoms with van der Waals surface area (Å²) in [5, 5.41) is 3.10. The van der Waals surface area contributed by atoms with Gasteiger partial charge in [-0.05, 0) is 19.1 Å². The van der Waals surface area contributed by atoms with Crippen molar-refractivity contribution in [2.24, 2.45) is 0 Å². The highest BCUT2D eigenvalue weighted by Crippen LogP contribution is 2.23. The Balaban J connectivity index is 2.38. The van der Waals surface area contributed by atoms with Crippen molar-refractivity contribution in [1.82, 2.24) is 14.9 Å². The Morgan fingerprint density at radius 3 is 2.85 bits per heavy atom. The van der Waals surface area contributed by atoms with Crippen LogP contribution < -0.4 is 10.9 Å². The zero-order chi connectivity index (χ0) is 19.1. The minimum atomic E-state index is -0.465. The Morgan fingerprint density at radius 1 is 1.42 bits per heavy atom. The first-order valence-corrected chi connectivity index (χ1v) is 8.97. The second kappa shape index (κ2) is 9.19. The third kappa shape index (κ3) is 4.72. The number of benzene rings is 1. The molecule has 7 nitrogen and oxygen atoms in total. The Hall–Kier alpha value is -2.61. The summed E-state index contributed by atoms with van der Waals surface area (Å²) in [7, 11) is 1.30. The summed E-state index contributed by atoms with van der Waals surface area (Å²) in [5.41, 5.74) is 0.300. The first-order chi connectivity index (χ1) is 12.5. The number of para-hydroxylation sites is 1. The van der Waals surface area contributed by atoms with Crippen molar-refractivity contribution >= 4 is 34.5 Å². The highest BCUT2D eigenvalue weighted by molar-refractivity contribution is 8.00. The molecule has 2 rings (SSSR count). The first kappa shape index (κ1) is 19.7. The first-order valence-electron chi connectivity index (χ1n) is 8.09. The lowest BCUT2D eigenvalue weighted by atomic mass is 10.2. The van der Waals surface area contributed by atoms with Gasteiger partial charge in [0.2, 0.25) is 5.91 Å². The summed E-state index contributed by atoms with van der Waals surface area (Å²) in [5.74, 6) is -0.602. The van der Waals surface area contributed by atoms with E-state index in [0.29, 0.717) is 22.6 Å². The lowest BCUT2D eigenvalue weighted by Crippen LogP contribution is -2.32. The topological polar surface area (TPSA) is 90.3 Å². The van der Waals surface area contributed by atoms with Crippen LogP contribution in [-0.4, -0.2) is 40.3 Å². The standard InChI is InChI=1S/C18H21N3O4S/c1-4-10-19-16(23)12(2)26-18-20-14-8-6-5-7-13(14)17(24)21(18)11-9-15(22)25-3/h4-8,12H,1,9-11H2,2-3H3,(H,19,23)/t12-/m0/s1. The number of fused-ring (bicyclic) bond motifs is 1. The van der Waals surface area contributed by atoms with E-state index in [2.05, 4.69) is 21.6 Å². The molecule has 0 unspecified atom stereocenters. The molecule has 0 fully saturated rings. The van der Waals surface area contributed by atoms with Crippen LogP contribution in [0.2, 0.25) is 0 Å². The average molecular weight is 375 g/mol. The van der Waals surface area contributed by atoms with Gasteiger partial charge in [0, 0.05) is 13.1 Å². The van der Waals surface area contributed by atoms with Crippen LogP contribution in [0.25, 0.3) is 10.9 Å². The van der Waals surface area contributed by atoms with E-state index < -0.39 is 11.2 Å². The van der Waals surface area contributed by atoms with E-state index in [1.54, 1.807) is 37.3 Å². The number of carbonyl (C=O) groups excluding carboxylic acids is 2. The molecule has 26 heavy (non-hydrogen) atoms. The van der Waals surface area contributed by atoms with E-state index in [1.165, 1.54) is 23.4 Å². The van der Waals surface area contributed by atoms with Gasteiger partial charge in [-0.15, -0.1) is 6.58 Å². The number of aromatic nitrogens is 2. The number of methoxy groups -OCH3 is 1. The number of nitrogens with zero attached hydrogens (tertiary/aromatic N) is 2. The van der Waals surface area contributed by atoms with Gasteiger partial charge in [-0.1, -0.05) is 30.0 Å². The summed E-state index contributed by atoms with van der Waals surface area (Å²) in [6.07, 6.45) is 1.64. The van der Waals surface area contributed by atoms with E-state index in [0.717, 1.165) is 0 Å². The number of nitrogens with one attached hydrogen (secondary N) is 1. The number of thioether (sulfide) groups is 1. The molecule has 1 amide bonds. The number of hydrogen-bond donors (Lipinski definition) is 1. The predicted molar refractivity (Wildman–Crippen MR) is 101 cm³/mol. The second-order valence-corrected chi connectivity index (χ2v) is 6.80. The number of ether oxygens (including phenoxy) is 1. The summed E-state index contributed by atoms with van der Waals surface area (Å²) in [4.78, 5) is 40.9. The second-order valence-electron chi connectivity index (χ2n) is 5.49. The molecule has 0 aliphatic carbocycles. The fourth-order valence-corrected chi connectivity index (χ4v) is 3.23. The fourth-order valence-electron chi connectivity index (χ4n) is 2.27. The molecule has 0 saturated carbocycles. The zero-order valence-corrected chi connectivity index (χ0v) is 15.5. The van der Waals surface area contributed by atoms with Crippen molar-refractivity contribution in [3.8, 4) is 0 Å². The van der Waals surface area contributed by atoms with Crippen LogP contribution in [0.3, 0.4) is 0 Å². The molecule has 0 radical (unpaired) electrons.